The van der Waals surface area contributed by atoms with Crippen LogP contribution < -0.4 is 16.8 Å². The number of nitrogens with one attached hydrogen (secondary N) is 1. The third-order valence-corrected chi connectivity index (χ3v) is 2.71. The van der Waals surface area contributed by atoms with Crippen molar-refractivity contribution in [3.8, 4) is 0 Å². The van der Waals surface area contributed by atoms with Crippen molar-refractivity contribution in [2.75, 3.05) is 11.1 Å². The lowest BCUT2D eigenvalue weighted by Crippen LogP contribution is -2.45. The Labute approximate surface area is 101 Å². The molecule has 1 aromatic heterocycles. The van der Waals surface area contributed by atoms with Crippen molar-refractivity contribution < 1.29 is 4.79 Å². The van der Waals surface area contributed by atoms with Gasteiger partial charge < -0.3 is 16.8 Å². The van der Waals surface area contributed by atoms with Gasteiger partial charge in [0.2, 0.25) is 5.91 Å². The van der Waals surface area contributed by atoms with Gasteiger partial charge in [0.05, 0.1) is 11.4 Å². The molecule has 0 aliphatic heterocycles. The molecule has 6 heteroatoms. The third-order valence-electron chi connectivity index (χ3n) is 2.71. The van der Waals surface area contributed by atoms with Crippen LogP contribution in [0, 0.1) is 0 Å². The van der Waals surface area contributed by atoms with Crippen LogP contribution in [-0.2, 0) is 11.8 Å². The summed E-state index contributed by atoms with van der Waals surface area (Å²) in [6, 6.07) is 0. The maximum absolute atomic E-state index is 11.3. The summed E-state index contributed by atoms with van der Waals surface area (Å²) < 4.78 is 1.63. The highest BCUT2D eigenvalue weighted by Gasteiger charge is 2.28. The Balaban J connectivity index is 3.12. The first kappa shape index (κ1) is 13.3. The fraction of sp³-hybridized carbons (Fsp3) is 0.636. The SMILES string of the molecule is CC(C)c1nn(C)c(NC(C)(C)C(N)=O)c1N. The lowest BCUT2D eigenvalue weighted by molar-refractivity contribution is -0.121. The van der Waals surface area contributed by atoms with E-state index in [1.54, 1.807) is 25.6 Å². The molecule has 5 N–H and O–H groups in total. The van der Waals surface area contributed by atoms with E-state index in [1.165, 1.54) is 0 Å². The zero-order valence-corrected chi connectivity index (χ0v) is 11.0. The first-order valence-electron chi connectivity index (χ1n) is 5.57. The molecular weight excluding hydrogens is 218 g/mol. The second-order valence-corrected chi connectivity index (χ2v) is 5.04. The molecule has 1 amide bonds. The van der Waals surface area contributed by atoms with Gasteiger partial charge in [0, 0.05) is 7.05 Å². The number of aromatic nitrogens is 2. The van der Waals surface area contributed by atoms with Gasteiger partial charge in [0.1, 0.15) is 11.4 Å². The number of amides is 1. The molecule has 0 aliphatic rings. The van der Waals surface area contributed by atoms with Crippen molar-refractivity contribution in [1.29, 1.82) is 0 Å². The number of nitrogens with two attached hydrogens (primary N) is 2. The Morgan fingerprint density at radius 3 is 2.35 bits per heavy atom. The van der Waals surface area contributed by atoms with Gasteiger partial charge in [-0.15, -0.1) is 0 Å². The van der Waals surface area contributed by atoms with Crippen molar-refractivity contribution in [2.45, 2.75) is 39.2 Å². The molecule has 0 unspecified atom stereocenters. The Hall–Kier alpha value is -1.72. The molecule has 0 bridgehead atoms. The molecule has 96 valence electrons. The van der Waals surface area contributed by atoms with Gasteiger partial charge in [0.25, 0.3) is 0 Å². The topological polar surface area (TPSA) is 99.0 Å². The van der Waals surface area contributed by atoms with Crippen molar-refractivity contribution in [3.05, 3.63) is 5.69 Å². The van der Waals surface area contributed by atoms with Gasteiger partial charge in [-0.1, -0.05) is 13.8 Å². The van der Waals surface area contributed by atoms with E-state index in [4.69, 9.17) is 11.5 Å². The molecule has 0 radical (unpaired) electrons. The van der Waals surface area contributed by atoms with E-state index in [9.17, 15) is 4.79 Å². The quantitative estimate of drug-likeness (QED) is 0.723. The Kier molecular flexibility index (Phi) is 3.35. The zero-order chi connectivity index (χ0) is 13.4. The van der Waals surface area contributed by atoms with E-state index in [0.717, 1.165) is 5.69 Å². The summed E-state index contributed by atoms with van der Waals surface area (Å²) in [6.45, 7) is 7.44. The largest absolute Gasteiger partial charge is 0.394 e. The van der Waals surface area contributed by atoms with Crippen molar-refractivity contribution in [3.63, 3.8) is 0 Å². The van der Waals surface area contributed by atoms with E-state index in [-0.39, 0.29) is 5.92 Å². The highest BCUT2D eigenvalue weighted by atomic mass is 16.1. The molecule has 0 aliphatic carbocycles. The summed E-state index contributed by atoms with van der Waals surface area (Å²) in [5.41, 5.74) is 11.8. The molecule has 0 atom stereocenters. The monoisotopic (exact) mass is 239 g/mol. The second kappa shape index (κ2) is 4.27. The number of carbonyl (C=O) groups is 1. The van der Waals surface area contributed by atoms with E-state index < -0.39 is 11.4 Å². The highest BCUT2D eigenvalue weighted by molar-refractivity contribution is 5.87. The van der Waals surface area contributed by atoms with Gasteiger partial charge in [-0.3, -0.25) is 9.48 Å². The molecule has 17 heavy (non-hydrogen) atoms. The van der Waals surface area contributed by atoms with Gasteiger partial charge >= 0.3 is 0 Å². The third kappa shape index (κ3) is 2.51. The van der Waals surface area contributed by atoms with E-state index in [2.05, 4.69) is 10.4 Å². The van der Waals surface area contributed by atoms with Gasteiger partial charge in [-0.05, 0) is 19.8 Å². The number of hydrogen-bond donors (Lipinski definition) is 3. The second-order valence-electron chi connectivity index (χ2n) is 5.04. The van der Waals surface area contributed by atoms with Gasteiger partial charge in [0.15, 0.2) is 0 Å². The van der Waals surface area contributed by atoms with Crippen LogP contribution in [0.25, 0.3) is 0 Å². The van der Waals surface area contributed by atoms with Crippen LogP contribution in [0.15, 0.2) is 0 Å². The molecule has 0 fully saturated rings. The van der Waals surface area contributed by atoms with Crippen LogP contribution in [0.3, 0.4) is 0 Å². The minimum Gasteiger partial charge on any atom is -0.394 e. The normalized spacial score (nSPS) is 11.9. The summed E-state index contributed by atoms with van der Waals surface area (Å²) in [5, 5.41) is 7.36. The number of primary amides is 1. The average Bonchev–Trinajstić information content (AvgIpc) is 2.45. The van der Waals surface area contributed by atoms with Crippen LogP contribution in [-0.4, -0.2) is 21.2 Å². The Morgan fingerprint density at radius 2 is 2.00 bits per heavy atom. The van der Waals surface area contributed by atoms with E-state index in [0.29, 0.717) is 11.5 Å². The molecule has 0 spiro atoms. The number of carbonyl (C=O) groups excluding carboxylic acids is 1. The fourth-order valence-corrected chi connectivity index (χ4v) is 1.49. The molecular formula is C11H21N5O. The zero-order valence-electron chi connectivity index (χ0n) is 11.0. The highest BCUT2D eigenvalue weighted by Crippen LogP contribution is 2.29. The lowest BCUT2D eigenvalue weighted by Gasteiger charge is -2.23. The number of anilines is 2. The summed E-state index contributed by atoms with van der Waals surface area (Å²) >= 11 is 0. The number of aryl methyl sites for hydroxylation is 1. The predicted molar refractivity (Wildman–Crippen MR) is 68.6 cm³/mol. The fourth-order valence-electron chi connectivity index (χ4n) is 1.49. The van der Waals surface area contributed by atoms with E-state index >= 15 is 0 Å². The summed E-state index contributed by atoms with van der Waals surface area (Å²) in [4.78, 5) is 11.3. The maximum Gasteiger partial charge on any atom is 0.242 e. The van der Waals surface area contributed by atoms with Crippen molar-refractivity contribution in [2.24, 2.45) is 12.8 Å². The summed E-state index contributed by atoms with van der Waals surface area (Å²) in [5.74, 6) is 0.412. The van der Waals surface area contributed by atoms with Crippen LogP contribution in [0.4, 0.5) is 11.5 Å². The van der Waals surface area contributed by atoms with E-state index in [1.807, 2.05) is 13.8 Å². The van der Waals surface area contributed by atoms with Crippen LogP contribution in [0.1, 0.15) is 39.3 Å². The van der Waals surface area contributed by atoms with Gasteiger partial charge in [-0.25, -0.2) is 0 Å². The number of hydrogen-bond acceptors (Lipinski definition) is 4. The first-order chi connectivity index (χ1) is 7.66. The van der Waals surface area contributed by atoms with Crippen molar-refractivity contribution >= 4 is 17.4 Å². The van der Waals surface area contributed by atoms with Gasteiger partial charge in [-0.2, -0.15) is 5.10 Å². The predicted octanol–water partition coefficient (Wildman–Crippen LogP) is 0.802. The molecule has 1 rings (SSSR count). The lowest BCUT2D eigenvalue weighted by atomic mass is 10.0. The standard InChI is InChI=1S/C11H21N5O/c1-6(2)8-7(12)9(16(5)15-8)14-11(3,4)10(13)17/h6,14H,12H2,1-5H3,(H2,13,17). The number of rotatable bonds is 4. The Morgan fingerprint density at radius 1 is 1.47 bits per heavy atom. The first-order valence-corrected chi connectivity index (χ1v) is 5.57. The summed E-state index contributed by atoms with van der Waals surface area (Å²) in [7, 11) is 1.78. The van der Waals surface area contributed by atoms with Crippen molar-refractivity contribution in [1.82, 2.24) is 9.78 Å². The number of nitrogens with zero attached hydrogens (tertiary/aromatic N) is 2. The average molecular weight is 239 g/mol. The molecule has 0 aromatic carbocycles. The van der Waals surface area contributed by atoms with Crippen LogP contribution in [0.5, 0.6) is 0 Å². The summed E-state index contributed by atoms with van der Waals surface area (Å²) in [6.07, 6.45) is 0. The molecule has 1 aromatic rings. The minimum absolute atomic E-state index is 0.230. The maximum atomic E-state index is 11.3. The van der Waals surface area contributed by atoms with Crippen LogP contribution >= 0.6 is 0 Å². The molecule has 1 heterocycles. The molecule has 0 saturated carbocycles. The molecule has 6 nitrogen and oxygen atoms in total. The van der Waals surface area contributed by atoms with Crippen LogP contribution in [0.2, 0.25) is 0 Å². The minimum atomic E-state index is -0.865. The molecule has 0 saturated heterocycles. The number of nitrogen functional groups attached to an aromatic ring is 1. The Bertz CT molecular complexity index is 433. The smallest absolute Gasteiger partial charge is 0.242 e.